The molecule has 2 aromatic rings. The van der Waals surface area contributed by atoms with Crippen LogP contribution < -0.4 is 5.32 Å². The van der Waals surface area contributed by atoms with E-state index in [1.165, 1.54) is 24.3 Å². The summed E-state index contributed by atoms with van der Waals surface area (Å²) in [7, 11) is 0. The van der Waals surface area contributed by atoms with E-state index in [9.17, 15) is 14.3 Å². The monoisotopic (exact) mass is 321 g/mol. The molecule has 1 amide bonds. The molecule has 1 aromatic carbocycles. The van der Waals surface area contributed by atoms with Crippen molar-refractivity contribution in [2.24, 2.45) is 0 Å². The number of benzene rings is 1. The Morgan fingerprint density at radius 1 is 1.39 bits per heavy atom. The van der Waals surface area contributed by atoms with Gasteiger partial charge < -0.3 is 14.9 Å². The van der Waals surface area contributed by atoms with Gasteiger partial charge in [0.15, 0.2) is 5.82 Å². The van der Waals surface area contributed by atoms with Crippen molar-refractivity contribution in [3.8, 4) is 0 Å². The summed E-state index contributed by atoms with van der Waals surface area (Å²) in [5.74, 6) is 0.541. The molecule has 1 aromatic heterocycles. The zero-order chi connectivity index (χ0) is 16.8. The van der Waals surface area contributed by atoms with Gasteiger partial charge in [0, 0.05) is 12.8 Å². The van der Waals surface area contributed by atoms with Crippen molar-refractivity contribution < 1.29 is 18.8 Å². The van der Waals surface area contributed by atoms with Crippen molar-refractivity contribution >= 4 is 5.91 Å². The Kier molecular flexibility index (Phi) is 5.81. The number of carbonyl (C=O) groups is 1. The fourth-order valence-electron chi connectivity index (χ4n) is 2.20. The van der Waals surface area contributed by atoms with Crippen LogP contribution in [0.25, 0.3) is 0 Å². The number of nitrogens with zero attached hydrogens (tertiary/aromatic N) is 2. The topological polar surface area (TPSA) is 88.2 Å². The summed E-state index contributed by atoms with van der Waals surface area (Å²) in [6.07, 6.45) is 0.510. The highest BCUT2D eigenvalue weighted by Crippen LogP contribution is 2.17. The van der Waals surface area contributed by atoms with Crippen LogP contribution in [-0.2, 0) is 11.2 Å². The van der Waals surface area contributed by atoms with Crippen molar-refractivity contribution in [1.82, 2.24) is 15.5 Å². The van der Waals surface area contributed by atoms with Gasteiger partial charge in [-0.15, -0.1) is 0 Å². The third-order valence-electron chi connectivity index (χ3n) is 3.44. The van der Waals surface area contributed by atoms with Gasteiger partial charge in [-0.25, -0.2) is 4.39 Å². The van der Waals surface area contributed by atoms with Crippen LogP contribution >= 0.6 is 0 Å². The maximum Gasteiger partial charge on any atom is 0.226 e. The van der Waals surface area contributed by atoms with Crippen LogP contribution in [0.3, 0.4) is 0 Å². The summed E-state index contributed by atoms with van der Waals surface area (Å²) in [4.78, 5) is 16.0. The van der Waals surface area contributed by atoms with Crippen molar-refractivity contribution in [2.45, 2.75) is 45.3 Å². The first-order chi connectivity index (χ1) is 11.0. The first-order valence-corrected chi connectivity index (χ1v) is 7.48. The van der Waals surface area contributed by atoms with Crippen molar-refractivity contribution in [2.75, 3.05) is 0 Å². The predicted molar refractivity (Wildman–Crippen MR) is 80.9 cm³/mol. The molecule has 7 heteroatoms. The first-order valence-electron chi connectivity index (χ1n) is 7.48. The summed E-state index contributed by atoms with van der Waals surface area (Å²) in [6.45, 7) is 3.44. The molecular formula is C16H20FN3O3. The van der Waals surface area contributed by atoms with Crippen LogP contribution in [0.2, 0.25) is 0 Å². The van der Waals surface area contributed by atoms with Gasteiger partial charge in [-0.3, -0.25) is 4.79 Å². The van der Waals surface area contributed by atoms with E-state index >= 15 is 0 Å². The zero-order valence-corrected chi connectivity index (χ0v) is 13.1. The van der Waals surface area contributed by atoms with Gasteiger partial charge in [-0.1, -0.05) is 17.3 Å². The van der Waals surface area contributed by atoms with E-state index in [-0.39, 0.29) is 11.7 Å². The molecule has 124 valence electrons. The van der Waals surface area contributed by atoms with Crippen molar-refractivity contribution in [3.05, 3.63) is 47.4 Å². The van der Waals surface area contributed by atoms with E-state index in [0.717, 1.165) is 0 Å². The molecule has 0 bridgehead atoms. The van der Waals surface area contributed by atoms with E-state index in [1.54, 1.807) is 13.8 Å². The maximum absolute atomic E-state index is 12.9. The number of aliphatic hydroxyl groups is 1. The molecular weight excluding hydrogens is 301 g/mol. The molecule has 0 fully saturated rings. The molecule has 1 heterocycles. The van der Waals surface area contributed by atoms with E-state index < -0.39 is 12.1 Å². The van der Waals surface area contributed by atoms with Crippen LogP contribution in [-0.4, -0.2) is 27.2 Å². The van der Waals surface area contributed by atoms with E-state index in [4.69, 9.17) is 4.52 Å². The first kappa shape index (κ1) is 17.1. The molecule has 23 heavy (non-hydrogen) atoms. The third-order valence-corrected chi connectivity index (χ3v) is 3.44. The predicted octanol–water partition coefficient (Wildman–Crippen LogP) is 2.08. The van der Waals surface area contributed by atoms with Gasteiger partial charge in [0.1, 0.15) is 5.82 Å². The minimum absolute atomic E-state index is 0.171. The molecule has 0 saturated carbocycles. The number of nitrogens with one attached hydrogen (secondary N) is 1. The van der Waals surface area contributed by atoms with E-state index in [1.807, 2.05) is 0 Å². The van der Waals surface area contributed by atoms with Gasteiger partial charge >= 0.3 is 0 Å². The Hall–Kier alpha value is -2.28. The average molecular weight is 321 g/mol. The fraction of sp³-hybridized carbons (Fsp3) is 0.438. The molecule has 6 nitrogen and oxygen atoms in total. The summed E-state index contributed by atoms with van der Waals surface area (Å²) in [5, 5.41) is 16.6. The quantitative estimate of drug-likeness (QED) is 0.815. The molecule has 2 N–H and O–H groups in total. The Labute approximate surface area is 133 Å². The smallest absolute Gasteiger partial charge is 0.226 e. The van der Waals surface area contributed by atoms with Crippen LogP contribution in [0.15, 0.2) is 28.8 Å². The lowest BCUT2D eigenvalue weighted by Gasteiger charge is -2.20. The number of rotatable bonds is 7. The highest BCUT2D eigenvalue weighted by Gasteiger charge is 2.18. The van der Waals surface area contributed by atoms with E-state index in [0.29, 0.717) is 36.5 Å². The van der Waals surface area contributed by atoms with Crippen LogP contribution in [0.1, 0.15) is 43.1 Å². The number of aryl methyl sites for hydroxylation is 2. The normalized spacial score (nSPS) is 13.6. The maximum atomic E-state index is 12.9. The lowest BCUT2D eigenvalue weighted by molar-refractivity contribution is -0.122. The number of carbonyl (C=O) groups excluding carboxylic acids is 1. The zero-order valence-electron chi connectivity index (χ0n) is 13.1. The van der Waals surface area contributed by atoms with Crippen molar-refractivity contribution in [3.63, 3.8) is 0 Å². The third kappa shape index (κ3) is 5.14. The second-order valence-electron chi connectivity index (χ2n) is 5.44. The number of aliphatic hydroxyl groups excluding tert-OH is 1. The number of hydrogen-bond donors (Lipinski definition) is 2. The summed E-state index contributed by atoms with van der Waals surface area (Å²) in [5.41, 5.74) is 0.556. The molecule has 0 aliphatic rings. The number of amides is 1. The summed E-state index contributed by atoms with van der Waals surface area (Å²) in [6, 6.07) is 5.08. The minimum atomic E-state index is -0.891. The Balaban J connectivity index is 1.76. The highest BCUT2D eigenvalue weighted by atomic mass is 19.1. The molecule has 2 unspecified atom stereocenters. The molecule has 0 aliphatic heterocycles. The average Bonchev–Trinajstić information content (AvgIpc) is 2.92. The SMILES string of the molecule is Cc1noc(CCCC(=O)NC(C)C(O)c2ccc(F)cc2)n1. The molecule has 0 spiro atoms. The highest BCUT2D eigenvalue weighted by molar-refractivity contribution is 5.76. The Morgan fingerprint density at radius 3 is 2.70 bits per heavy atom. The lowest BCUT2D eigenvalue weighted by atomic mass is 10.0. The summed E-state index contributed by atoms with van der Waals surface area (Å²) >= 11 is 0. The lowest BCUT2D eigenvalue weighted by Crippen LogP contribution is -2.37. The molecule has 0 aliphatic carbocycles. The summed E-state index contributed by atoms with van der Waals surface area (Å²) < 4.78 is 17.8. The number of halogens is 1. The van der Waals surface area contributed by atoms with Crippen LogP contribution in [0.5, 0.6) is 0 Å². The van der Waals surface area contributed by atoms with Crippen LogP contribution in [0.4, 0.5) is 4.39 Å². The second kappa shape index (κ2) is 7.82. The standard InChI is InChI=1S/C16H20FN3O3/c1-10(16(22)12-6-8-13(17)9-7-12)18-14(21)4-3-5-15-19-11(2)20-23-15/h6-10,16,22H,3-5H2,1-2H3,(H,18,21). The fourth-order valence-corrected chi connectivity index (χ4v) is 2.20. The number of hydrogen-bond acceptors (Lipinski definition) is 5. The largest absolute Gasteiger partial charge is 0.386 e. The van der Waals surface area contributed by atoms with Gasteiger partial charge in [0.2, 0.25) is 11.8 Å². The minimum Gasteiger partial charge on any atom is -0.386 e. The second-order valence-corrected chi connectivity index (χ2v) is 5.44. The molecule has 2 rings (SSSR count). The molecule has 0 saturated heterocycles. The van der Waals surface area contributed by atoms with E-state index in [2.05, 4.69) is 15.5 Å². The van der Waals surface area contributed by atoms with Crippen LogP contribution in [0, 0.1) is 12.7 Å². The Morgan fingerprint density at radius 2 is 2.09 bits per heavy atom. The van der Waals surface area contributed by atoms with Gasteiger partial charge in [0.25, 0.3) is 0 Å². The number of aromatic nitrogens is 2. The van der Waals surface area contributed by atoms with Crippen molar-refractivity contribution in [1.29, 1.82) is 0 Å². The van der Waals surface area contributed by atoms with Gasteiger partial charge in [0.05, 0.1) is 12.1 Å². The molecule has 2 atom stereocenters. The molecule has 0 radical (unpaired) electrons. The van der Waals surface area contributed by atoms with Gasteiger partial charge in [-0.2, -0.15) is 4.98 Å². The Bertz CT molecular complexity index is 642. The van der Waals surface area contributed by atoms with Gasteiger partial charge in [-0.05, 0) is 38.0 Å².